The van der Waals surface area contributed by atoms with Crippen LogP contribution in [-0.4, -0.2) is 13.7 Å². The summed E-state index contributed by atoms with van der Waals surface area (Å²) in [5.74, 6) is 6.09. The van der Waals surface area contributed by atoms with Crippen LogP contribution >= 0.6 is 0 Å². The fourth-order valence-corrected chi connectivity index (χ4v) is 1.79. The third-order valence-corrected chi connectivity index (χ3v) is 2.63. The van der Waals surface area contributed by atoms with E-state index in [1.807, 2.05) is 43.4 Å². The van der Waals surface area contributed by atoms with E-state index in [-0.39, 0.29) is 12.4 Å². The van der Waals surface area contributed by atoms with Crippen LogP contribution in [0.3, 0.4) is 0 Å². The third kappa shape index (κ3) is 4.42. The van der Waals surface area contributed by atoms with Crippen molar-refractivity contribution in [3.05, 3.63) is 65.5 Å². The first-order chi connectivity index (χ1) is 9.78. The first kappa shape index (κ1) is 14.1. The molecule has 0 aromatic heterocycles. The van der Waals surface area contributed by atoms with Crippen molar-refractivity contribution in [3.8, 4) is 17.6 Å². The van der Waals surface area contributed by atoms with Gasteiger partial charge in [0.15, 0.2) is 0 Å². The quantitative estimate of drug-likeness (QED) is 0.862. The topological polar surface area (TPSA) is 21.3 Å². The van der Waals surface area contributed by atoms with Crippen LogP contribution in [0.1, 0.15) is 11.1 Å². The molecule has 0 saturated carbocycles. The minimum atomic E-state index is -0.302. The Bertz CT molecular complexity index is 614. The van der Waals surface area contributed by atoms with Crippen LogP contribution in [0, 0.1) is 17.7 Å². The second-order valence-electron chi connectivity index (χ2n) is 4.28. The largest absolute Gasteiger partial charge is 0.481 e. The van der Waals surface area contributed by atoms with E-state index in [0.717, 1.165) is 11.1 Å². The van der Waals surface area contributed by atoms with Gasteiger partial charge in [-0.2, -0.15) is 0 Å². The van der Waals surface area contributed by atoms with Gasteiger partial charge in [0.25, 0.3) is 0 Å². The van der Waals surface area contributed by atoms with E-state index in [1.165, 1.54) is 12.1 Å². The Morgan fingerprint density at radius 3 is 2.70 bits per heavy atom. The highest BCUT2D eigenvalue weighted by Gasteiger charge is 2.00. The van der Waals surface area contributed by atoms with E-state index in [0.29, 0.717) is 12.3 Å². The molecule has 2 aromatic rings. The molecule has 0 aliphatic heterocycles. The summed E-state index contributed by atoms with van der Waals surface area (Å²) in [5.41, 5.74) is 1.78. The molecule has 1 N–H and O–H groups in total. The van der Waals surface area contributed by atoms with Crippen LogP contribution in [0.15, 0.2) is 48.5 Å². The molecule has 0 amide bonds. The molecule has 2 nitrogen and oxygen atoms in total. The fraction of sp³-hybridized carbons (Fsp3) is 0.176. The van der Waals surface area contributed by atoms with Gasteiger partial charge in [-0.1, -0.05) is 30.0 Å². The second kappa shape index (κ2) is 7.32. The molecule has 0 fully saturated rings. The standard InChI is InChI=1S/C17H16FNO/c1-19-13-15-10-16(18)12-17(11-15)20-9-5-8-14-6-3-2-4-7-14/h2-4,6-7,10-12,19H,9,13H2,1H3. The summed E-state index contributed by atoms with van der Waals surface area (Å²) in [6.07, 6.45) is 0. The van der Waals surface area contributed by atoms with E-state index in [9.17, 15) is 4.39 Å². The van der Waals surface area contributed by atoms with Gasteiger partial charge in [0.05, 0.1) is 0 Å². The number of nitrogens with one attached hydrogen (secondary N) is 1. The van der Waals surface area contributed by atoms with Crippen molar-refractivity contribution in [3.63, 3.8) is 0 Å². The summed E-state index contributed by atoms with van der Waals surface area (Å²) >= 11 is 0. The summed E-state index contributed by atoms with van der Waals surface area (Å²) in [6, 6.07) is 14.3. The lowest BCUT2D eigenvalue weighted by Crippen LogP contribution is -2.06. The zero-order chi connectivity index (χ0) is 14.2. The normalized spacial score (nSPS) is 9.70. The van der Waals surface area contributed by atoms with Crippen molar-refractivity contribution in [1.82, 2.24) is 5.32 Å². The third-order valence-electron chi connectivity index (χ3n) is 2.63. The molecule has 0 heterocycles. The molecule has 0 aliphatic rings. The van der Waals surface area contributed by atoms with E-state index in [1.54, 1.807) is 0 Å². The van der Waals surface area contributed by atoms with Gasteiger partial charge >= 0.3 is 0 Å². The molecule has 3 heteroatoms. The first-order valence-corrected chi connectivity index (χ1v) is 6.39. The maximum absolute atomic E-state index is 13.4. The van der Waals surface area contributed by atoms with Gasteiger partial charge in [-0.3, -0.25) is 0 Å². The maximum Gasteiger partial charge on any atom is 0.149 e. The molecule has 0 aliphatic carbocycles. The fourth-order valence-electron chi connectivity index (χ4n) is 1.79. The van der Waals surface area contributed by atoms with Crippen molar-refractivity contribution in [1.29, 1.82) is 0 Å². The van der Waals surface area contributed by atoms with Crippen LogP contribution in [0.25, 0.3) is 0 Å². The Hall–Kier alpha value is -2.31. The molecular formula is C17H16FNO. The molecule has 2 rings (SSSR count). The number of benzene rings is 2. The molecular weight excluding hydrogens is 253 g/mol. The van der Waals surface area contributed by atoms with Crippen molar-refractivity contribution in [2.75, 3.05) is 13.7 Å². The number of ether oxygens (including phenoxy) is 1. The van der Waals surface area contributed by atoms with Gasteiger partial charge in [0, 0.05) is 18.2 Å². The smallest absolute Gasteiger partial charge is 0.149 e. The van der Waals surface area contributed by atoms with Gasteiger partial charge in [-0.05, 0) is 36.9 Å². The van der Waals surface area contributed by atoms with Crippen molar-refractivity contribution in [2.45, 2.75) is 6.54 Å². The Morgan fingerprint density at radius 1 is 1.15 bits per heavy atom. The van der Waals surface area contributed by atoms with Gasteiger partial charge in [0.2, 0.25) is 0 Å². The lowest BCUT2D eigenvalue weighted by atomic mass is 10.2. The summed E-state index contributed by atoms with van der Waals surface area (Å²) in [7, 11) is 1.82. The summed E-state index contributed by atoms with van der Waals surface area (Å²) in [6.45, 7) is 0.834. The zero-order valence-corrected chi connectivity index (χ0v) is 11.3. The van der Waals surface area contributed by atoms with E-state index < -0.39 is 0 Å². The van der Waals surface area contributed by atoms with Crippen LogP contribution in [0.5, 0.6) is 5.75 Å². The zero-order valence-electron chi connectivity index (χ0n) is 11.3. The monoisotopic (exact) mass is 269 g/mol. The van der Waals surface area contributed by atoms with E-state index in [2.05, 4.69) is 17.2 Å². The highest BCUT2D eigenvalue weighted by atomic mass is 19.1. The number of hydrogen-bond acceptors (Lipinski definition) is 2. The Balaban J connectivity index is 1.96. The Kier molecular flexibility index (Phi) is 5.16. The minimum Gasteiger partial charge on any atom is -0.481 e. The highest BCUT2D eigenvalue weighted by Crippen LogP contribution is 2.16. The SMILES string of the molecule is CNCc1cc(F)cc(OCC#Cc2ccccc2)c1. The second-order valence-corrected chi connectivity index (χ2v) is 4.28. The van der Waals surface area contributed by atoms with E-state index in [4.69, 9.17) is 4.74 Å². The lowest BCUT2D eigenvalue weighted by molar-refractivity contribution is 0.367. The molecule has 0 spiro atoms. The maximum atomic E-state index is 13.4. The van der Waals surface area contributed by atoms with Crippen LogP contribution < -0.4 is 10.1 Å². The Morgan fingerprint density at radius 2 is 1.95 bits per heavy atom. The van der Waals surface area contributed by atoms with Gasteiger partial charge in [-0.25, -0.2) is 4.39 Å². The molecule has 20 heavy (non-hydrogen) atoms. The number of rotatable bonds is 4. The average Bonchev–Trinajstić information content (AvgIpc) is 2.45. The average molecular weight is 269 g/mol. The number of halogens is 1. The molecule has 0 bridgehead atoms. The van der Waals surface area contributed by atoms with Crippen molar-refractivity contribution < 1.29 is 9.13 Å². The molecule has 2 aromatic carbocycles. The minimum absolute atomic E-state index is 0.233. The summed E-state index contributed by atoms with van der Waals surface area (Å²) in [4.78, 5) is 0. The predicted molar refractivity (Wildman–Crippen MR) is 78.0 cm³/mol. The number of hydrogen-bond donors (Lipinski definition) is 1. The molecule has 0 atom stereocenters. The molecule has 0 unspecified atom stereocenters. The van der Waals surface area contributed by atoms with Gasteiger partial charge < -0.3 is 10.1 Å². The van der Waals surface area contributed by atoms with Crippen molar-refractivity contribution in [2.24, 2.45) is 0 Å². The summed E-state index contributed by atoms with van der Waals surface area (Å²) in [5, 5.41) is 2.98. The first-order valence-electron chi connectivity index (χ1n) is 6.39. The van der Waals surface area contributed by atoms with Gasteiger partial charge in [-0.15, -0.1) is 0 Å². The van der Waals surface area contributed by atoms with Crippen LogP contribution in [0.4, 0.5) is 4.39 Å². The van der Waals surface area contributed by atoms with Crippen LogP contribution in [-0.2, 0) is 6.54 Å². The van der Waals surface area contributed by atoms with Gasteiger partial charge in [0.1, 0.15) is 18.2 Å². The molecule has 0 radical (unpaired) electrons. The molecule has 0 saturated heterocycles. The van der Waals surface area contributed by atoms with E-state index >= 15 is 0 Å². The predicted octanol–water partition coefficient (Wildman–Crippen LogP) is 2.98. The van der Waals surface area contributed by atoms with Crippen LogP contribution in [0.2, 0.25) is 0 Å². The Labute approximate surface area is 118 Å². The molecule has 102 valence electrons. The highest BCUT2D eigenvalue weighted by molar-refractivity contribution is 5.34. The lowest BCUT2D eigenvalue weighted by Gasteiger charge is -2.06. The summed E-state index contributed by atoms with van der Waals surface area (Å²) < 4.78 is 18.8. The van der Waals surface area contributed by atoms with Crippen molar-refractivity contribution >= 4 is 0 Å².